The number of ether oxygens (including phenoxy) is 2. The topological polar surface area (TPSA) is 67.8 Å². The minimum atomic E-state index is -0.771. The number of rotatable bonds is 3. The van der Waals surface area contributed by atoms with Gasteiger partial charge < -0.3 is 19.9 Å². The van der Waals surface area contributed by atoms with E-state index >= 15 is 0 Å². The van der Waals surface area contributed by atoms with E-state index in [4.69, 9.17) is 21.1 Å². The van der Waals surface area contributed by atoms with E-state index in [-0.39, 0.29) is 12.5 Å². The molecule has 0 spiro atoms. The van der Waals surface area contributed by atoms with Gasteiger partial charge in [-0.25, -0.2) is 0 Å². The molecule has 0 radical (unpaired) electrons. The van der Waals surface area contributed by atoms with E-state index in [1.807, 2.05) is 0 Å². The van der Waals surface area contributed by atoms with Crippen molar-refractivity contribution in [3.8, 4) is 11.5 Å². The molecule has 2 N–H and O–H groups in total. The summed E-state index contributed by atoms with van der Waals surface area (Å²) in [7, 11) is 0. The van der Waals surface area contributed by atoms with Crippen molar-refractivity contribution in [3.63, 3.8) is 0 Å². The lowest BCUT2D eigenvalue weighted by Gasteiger charge is -2.23. The zero-order valence-electron chi connectivity index (χ0n) is 11.7. The van der Waals surface area contributed by atoms with Gasteiger partial charge in [-0.2, -0.15) is 0 Å². The standard InChI is InChI=1S/C15H18ClNO4/c16-11-7-10(8-12-13(11)21-6-5-20-12)14(18)17-9-15(19)3-1-2-4-15/h7-8,19H,1-6,9H2,(H,17,18). The summed E-state index contributed by atoms with van der Waals surface area (Å²) in [4.78, 5) is 12.2. The maximum atomic E-state index is 12.2. The maximum Gasteiger partial charge on any atom is 0.251 e. The van der Waals surface area contributed by atoms with Gasteiger partial charge in [0.1, 0.15) is 13.2 Å². The van der Waals surface area contributed by atoms with Gasteiger partial charge in [0, 0.05) is 12.1 Å². The van der Waals surface area contributed by atoms with Gasteiger partial charge in [-0.1, -0.05) is 24.4 Å². The fourth-order valence-corrected chi connectivity index (χ4v) is 3.06. The van der Waals surface area contributed by atoms with Gasteiger partial charge in [0.25, 0.3) is 5.91 Å². The van der Waals surface area contributed by atoms with Gasteiger partial charge in [-0.3, -0.25) is 4.79 Å². The molecule has 1 aromatic rings. The van der Waals surface area contributed by atoms with Crippen molar-refractivity contribution in [3.05, 3.63) is 22.7 Å². The van der Waals surface area contributed by atoms with Gasteiger partial charge >= 0.3 is 0 Å². The monoisotopic (exact) mass is 311 g/mol. The normalized spacial score (nSPS) is 19.3. The molecule has 1 aromatic carbocycles. The third kappa shape index (κ3) is 3.09. The molecule has 0 aromatic heterocycles. The summed E-state index contributed by atoms with van der Waals surface area (Å²) in [5.41, 5.74) is -0.362. The molecule has 0 unspecified atom stereocenters. The first-order valence-electron chi connectivity index (χ1n) is 7.17. The number of fused-ring (bicyclic) bond motifs is 1. The van der Waals surface area contributed by atoms with Gasteiger partial charge in [-0.15, -0.1) is 0 Å². The van der Waals surface area contributed by atoms with Gasteiger partial charge in [0.05, 0.1) is 10.6 Å². The van der Waals surface area contributed by atoms with E-state index in [9.17, 15) is 9.90 Å². The molecule has 0 saturated heterocycles. The summed E-state index contributed by atoms with van der Waals surface area (Å²) in [5.74, 6) is 0.696. The van der Waals surface area contributed by atoms with Crippen molar-refractivity contribution in [1.29, 1.82) is 0 Å². The summed E-state index contributed by atoms with van der Waals surface area (Å²) < 4.78 is 10.9. The minimum absolute atomic E-state index is 0.262. The second-order valence-electron chi connectivity index (χ2n) is 5.60. The van der Waals surface area contributed by atoms with Crippen LogP contribution < -0.4 is 14.8 Å². The zero-order valence-corrected chi connectivity index (χ0v) is 12.4. The van der Waals surface area contributed by atoms with E-state index in [1.165, 1.54) is 0 Å². The van der Waals surface area contributed by atoms with Crippen molar-refractivity contribution in [2.75, 3.05) is 19.8 Å². The molecule has 1 heterocycles. The van der Waals surface area contributed by atoms with Crippen molar-refractivity contribution in [2.24, 2.45) is 0 Å². The number of halogens is 1. The molecule has 1 aliphatic heterocycles. The second kappa shape index (κ2) is 5.73. The van der Waals surface area contributed by atoms with Gasteiger partial charge in [0.2, 0.25) is 0 Å². The highest BCUT2D eigenvalue weighted by Crippen LogP contribution is 2.38. The van der Waals surface area contributed by atoms with Crippen LogP contribution in [0.1, 0.15) is 36.0 Å². The predicted octanol–water partition coefficient (Wildman–Crippen LogP) is 2.15. The molecular weight excluding hydrogens is 294 g/mol. The van der Waals surface area contributed by atoms with Crippen LogP contribution in [-0.4, -0.2) is 36.4 Å². The largest absolute Gasteiger partial charge is 0.486 e. The molecule has 5 nitrogen and oxygen atoms in total. The summed E-state index contributed by atoms with van der Waals surface area (Å²) in [6.45, 7) is 1.15. The van der Waals surface area contributed by atoms with Crippen molar-refractivity contribution >= 4 is 17.5 Å². The van der Waals surface area contributed by atoms with Crippen molar-refractivity contribution in [2.45, 2.75) is 31.3 Å². The van der Waals surface area contributed by atoms with Gasteiger partial charge in [-0.05, 0) is 25.0 Å². The van der Waals surface area contributed by atoms with Crippen LogP contribution in [0.4, 0.5) is 0 Å². The number of benzene rings is 1. The minimum Gasteiger partial charge on any atom is -0.486 e. The van der Waals surface area contributed by atoms with Crippen LogP contribution in [0, 0.1) is 0 Å². The van der Waals surface area contributed by atoms with E-state index in [2.05, 4.69) is 5.32 Å². The van der Waals surface area contributed by atoms with Crippen LogP contribution in [0.15, 0.2) is 12.1 Å². The molecule has 1 amide bonds. The van der Waals surface area contributed by atoms with Crippen LogP contribution in [0.25, 0.3) is 0 Å². The fraction of sp³-hybridized carbons (Fsp3) is 0.533. The third-order valence-electron chi connectivity index (χ3n) is 3.97. The average Bonchev–Trinajstić information content (AvgIpc) is 2.92. The molecule has 6 heteroatoms. The first-order valence-corrected chi connectivity index (χ1v) is 7.55. The van der Waals surface area contributed by atoms with Crippen LogP contribution >= 0.6 is 11.6 Å². The highest BCUT2D eigenvalue weighted by atomic mass is 35.5. The Bertz CT molecular complexity index is 555. The molecule has 1 saturated carbocycles. The summed E-state index contributed by atoms with van der Waals surface area (Å²) in [6.07, 6.45) is 3.47. The molecule has 114 valence electrons. The van der Waals surface area contributed by atoms with Crippen LogP contribution in [0.3, 0.4) is 0 Å². The summed E-state index contributed by atoms with van der Waals surface area (Å²) >= 11 is 6.11. The Kier molecular flexibility index (Phi) is 3.95. The highest BCUT2D eigenvalue weighted by molar-refractivity contribution is 6.32. The lowest BCUT2D eigenvalue weighted by atomic mass is 10.0. The lowest BCUT2D eigenvalue weighted by molar-refractivity contribution is 0.0449. The van der Waals surface area contributed by atoms with Crippen molar-refractivity contribution < 1.29 is 19.4 Å². The van der Waals surface area contributed by atoms with E-state index in [1.54, 1.807) is 12.1 Å². The molecular formula is C15H18ClNO4. The first-order chi connectivity index (χ1) is 10.1. The molecule has 3 rings (SSSR count). The fourth-order valence-electron chi connectivity index (χ4n) is 2.80. The van der Waals surface area contributed by atoms with Gasteiger partial charge in [0.15, 0.2) is 11.5 Å². The van der Waals surface area contributed by atoms with Crippen molar-refractivity contribution in [1.82, 2.24) is 5.32 Å². The Morgan fingerprint density at radius 3 is 2.76 bits per heavy atom. The van der Waals surface area contributed by atoms with E-state index in [0.717, 1.165) is 25.7 Å². The number of aliphatic hydroxyl groups is 1. The average molecular weight is 312 g/mol. The molecule has 1 fully saturated rings. The Labute approximate surface area is 128 Å². The number of carbonyl (C=O) groups excluding carboxylic acids is 1. The first kappa shape index (κ1) is 14.5. The Balaban J connectivity index is 1.71. The SMILES string of the molecule is O=C(NCC1(O)CCCC1)c1cc(Cl)c2c(c1)OCCO2. The maximum absolute atomic E-state index is 12.2. The summed E-state index contributed by atoms with van der Waals surface area (Å²) in [6, 6.07) is 3.18. The van der Waals surface area contributed by atoms with E-state index < -0.39 is 5.60 Å². The second-order valence-corrected chi connectivity index (χ2v) is 6.00. The number of hydrogen-bond acceptors (Lipinski definition) is 4. The van der Waals surface area contributed by atoms with Crippen LogP contribution in [0.2, 0.25) is 5.02 Å². The lowest BCUT2D eigenvalue weighted by Crippen LogP contribution is -2.40. The van der Waals surface area contributed by atoms with Crippen LogP contribution in [-0.2, 0) is 0 Å². The van der Waals surface area contributed by atoms with E-state index in [0.29, 0.717) is 35.3 Å². The smallest absolute Gasteiger partial charge is 0.251 e. The quantitative estimate of drug-likeness (QED) is 0.897. The Morgan fingerprint density at radius 2 is 2.00 bits per heavy atom. The Morgan fingerprint density at radius 1 is 1.29 bits per heavy atom. The summed E-state index contributed by atoms with van der Waals surface area (Å²) in [5, 5.41) is 13.4. The number of hydrogen-bond donors (Lipinski definition) is 2. The molecule has 2 aliphatic rings. The molecule has 21 heavy (non-hydrogen) atoms. The predicted molar refractivity (Wildman–Crippen MR) is 78.2 cm³/mol. The Hall–Kier alpha value is -1.46. The third-order valence-corrected chi connectivity index (χ3v) is 4.25. The molecule has 1 aliphatic carbocycles. The number of amides is 1. The van der Waals surface area contributed by atoms with Crippen LogP contribution in [0.5, 0.6) is 11.5 Å². The zero-order chi connectivity index (χ0) is 14.9. The molecule has 0 bridgehead atoms. The number of carbonyl (C=O) groups is 1. The highest BCUT2D eigenvalue weighted by Gasteiger charge is 2.31. The molecule has 0 atom stereocenters. The number of nitrogens with one attached hydrogen (secondary N) is 1.